The zero-order valence-electron chi connectivity index (χ0n) is 8.41. The molecule has 0 spiro atoms. The third-order valence-corrected chi connectivity index (χ3v) is 3.44. The van der Waals surface area contributed by atoms with E-state index in [1.165, 1.54) is 11.4 Å². The van der Waals surface area contributed by atoms with Gasteiger partial charge < -0.3 is 5.11 Å². The summed E-state index contributed by atoms with van der Waals surface area (Å²) in [5, 5.41) is 11.0. The standard InChI is InChI=1S/C11H8F4OS/c12-10(13)11(14,15)9(16)7-5-17-8-4-2-1-3-6(7)8/h1-5,9-10,16H. The monoisotopic (exact) mass is 264 g/mol. The third-order valence-electron chi connectivity index (χ3n) is 2.46. The van der Waals surface area contributed by atoms with Gasteiger partial charge in [-0.25, -0.2) is 8.78 Å². The van der Waals surface area contributed by atoms with E-state index in [0.717, 1.165) is 11.3 Å². The number of aliphatic hydroxyl groups is 1. The molecular weight excluding hydrogens is 256 g/mol. The Hall–Kier alpha value is -1.14. The number of aliphatic hydroxyl groups excluding tert-OH is 1. The van der Waals surface area contributed by atoms with Gasteiger partial charge in [0.25, 0.3) is 0 Å². The Morgan fingerprint density at radius 3 is 2.47 bits per heavy atom. The van der Waals surface area contributed by atoms with Gasteiger partial charge in [0.2, 0.25) is 0 Å². The molecule has 0 saturated carbocycles. The van der Waals surface area contributed by atoms with Gasteiger partial charge in [-0.2, -0.15) is 8.78 Å². The lowest BCUT2D eigenvalue weighted by atomic mass is 10.0. The number of hydrogen-bond acceptors (Lipinski definition) is 2. The highest BCUT2D eigenvalue weighted by Gasteiger charge is 2.49. The molecular formula is C11H8F4OS. The van der Waals surface area contributed by atoms with Gasteiger partial charge in [-0.1, -0.05) is 18.2 Å². The number of benzene rings is 1. The van der Waals surface area contributed by atoms with Gasteiger partial charge in [0.05, 0.1) is 0 Å². The molecule has 1 unspecified atom stereocenters. The first kappa shape index (κ1) is 12.3. The number of hydrogen-bond donors (Lipinski definition) is 1. The Morgan fingerprint density at radius 2 is 1.82 bits per heavy atom. The van der Waals surface area contributed by atoms with Crippen molar-refractivity contribution in [2.45, 2.75) is 18.5 Å². The molecule has 0 saturated heterocycles. The molecule has 0 fully saturated rings. The Morgan fingerprint density at radius 1 is 1.18 bits per heavy atom. The Kier molecular flexibility index (Phi) is 3.09. The van der Waals surface area contributed by atoms with Crippen molar-refractivity contribution < 1.29 is 22.7 Å². The van der Waals surface area contributed by atoms with Crippen LogP contribution in [0.5, 0.6) is 0 Å². The number of fused-ring (bicyclic) bond motifs is 1. The molecule has 1 aromatic heterocycles. The van der Waals surface area contributed by atoms with Crippen molar-refractivity contribution in [1.29, 1.82) is 0 Å². The van der Waals surface area contributed by atoms with Crippen LogP contribution in [0.4, 0.5) is 17.6 Å². The highest BCUT2D eigenvalue weighted by molar-refractivity contribution is 7.17. The Labute approximate surface area is 98.3 Å². The molecule has 1 N–H and O–H groups in total. The fourth-order valence-corrected chi connectivity index (χ4v) is 2.52. The maximum Gasteiger partial charge on any atom is 0.336 e. The minimum Gasteiger partial charge on any atom is -0.382 e. The Balaban J connectivity index is 2.47. The predicted molar refractivity (Wildman–Crippen MR) is 57.7 cm³/mol. The molecule has 92 valence electrons. The SMILES string of the molecule is OC(c1csc2ccccc12)C(F)(F)C(F)F. The van der Waals surface area contributed by atoms with Crippen LogP contribution in [0, 0.1) is 0 Å². The van der Waals surface area contributed by atoms with Gasteiger partial charge >= 0.3 is 12.3 Å². The lowest BCUT2D eigenvalue weighted by Gasteiger charge is -2.21. The van der Waals surface area contributed by atoms with Gasteiger partial charge in [-0.15, -0.1) is 11.3 Å². The molecule has 1 aromatic carbocycles. The minimum absolute atomic E-state index is 0.157. The van der Waals surface area contributed by atoms with Crippen LogP contribution in [0.2, 0.25) is 0 Å². The summed E-state index contributed by atoms with van der Waals surface area (Å²) in [6.07, 6.45) is -6.38. The third kappa shape index (κ3) is 2.02. The van der Waals surface area contributed by atoms with Gasteiger partial charge in [0, 0.05) is 10.3 Å². The van der Waals surface area contributed by atoms with Crippen LogP contribution in [-0.4, -0.2) is 17.5 Å². The molecule has 0 aliphatic carbocycles. The van der Waals surface area contributed by atoms with Crippen LogP contribution in [-0.2, 0) is 0 Å². The highest BCUT2D eigenvalue weighted by Crippen LogP contribution is 2.40. The quantitative estimate of drug-likeness (QED) is 0.835. The van der Waals surface area contributed by atoms with Crippen molar-refractivity contribution in [1.82, 2.24) is 0 Å². The molecule has 1 nitrogen and oxygen atoms in total. The van der Waals surface area contributed by atoms with Crippen molar-refractivity contribution in [3.63, 3.8) is 0 Å². The highest BCUT2D eigenvalue weighted by atomic mass is 32.1. The summed E-state index contributed by atoms with van der Waals surface area (Å²) in [7, 11) is 0. The first-order valence-electron chi connectivity index (χ1n) is 4.74. The van der Waals surface area contributed by atoms with E-state index < -0.39 is 18.5 Å². The average Bonchev–Trinajstić information content (AvgIpc) is 2.71. The zero-order valence-corrected chi connectivity index (χ0v) is 9.23. The van der Waals surface area contributed by atoms with Crippen molar-refractivity contribution in [3.8, 4) is 0 Å². The fraction of sp³-hybridized carbons (Fsp3) is 0.273. The lowest BCUT2D eigenvalue weighted by molar-refractivity contribution is -0.193. The molecule has 0 amide bonds. The van der Waals surface area contributed by atoms with Crippen LogP contribution < -0.4 is 0 Å². The predicted octanol–water partition coefficient (Wildman–Crippen LogP) is 3.84. The molecule has 1 heterocycles. The first-order valence-corrected chi connectivity index (χ1v) is 5.62. The van der Waals surface area contributed by atoms with E-state index >= 15 is 0 Å². The van der Waals surface area contributed by atoms with Crippen molar-refractivity contribution in [2.24, 2.45) is 0 Å². The van der Waals surface area contributed by atoms with Gasteiger partial charge in [0.1, 0.15) is 6.10 Å². The second-order valence-electron chi connectivity index (χ2n) is 3.56. The van der Waals surface area contributed by atoms with Gasteiger partial charge in [-0.05, 0) is 16.8 Å². The molecule has 2 rings (SSSR count). The normalized spacial score (nSPS) is 14.5. The van der Waals surface area contributed by atoms with Crippen molar-refractivity contribution in [2.75, 3.05) is 0 Å². The molecule has 6 heteroatoms. The second-order valence-corrected chi connectivity index (χ2v) is 4.48. The Bertz CT molecular complexity index is 523. The van der Waals surface area contributed by atoms with E-state index in [-0.39, 0.29) is 5.56 Å². The summed E-state index contributed by atoms with van der Waals surface area (Å²) in [6.45, 7) is 0. The van der Waals surface area contributed by atoms with E-state index in [1.54, 1.807) is 18.2 Å². The first-order chi connectivity index (χ1) is 7.94. The van der Waals surface area contributed by atoms with Crippen LogP contribution in [0.25, 0.3) is 10.1 Å². The van der Waals surface area contributed by atoms with Crippen LogP contribution >= 0.6 is 11.3 Å². The maximum atomic E-state index is 13.0. The van der Waals surface area contributed by atoms with E-state index in [2.05, 4.69) is 0 Å². The number of thiophene rings is 1. The maximum absolute atomic E-state index is 13.0. The van der Waals surface area contributed by atoms with E-state index in [9.17, 15) is 22.7 Å². The number of halogens is 4. The summed E-state index contributed by atoms with van der Waals surface area (Å²) in [6, 6.07) is 6.51. The molecule has 0 aliphatic rings. The van der Waals surface area contributed by atoms with Gasteiger partial charge in [0.15, 0.2) is 0 Å². The largest absolute Gasteiger partial charge is 0.382 e. The number of rotatable bonds is 3. The molecule has 0 bridgehead atoms. The van der Waals surface area contributed by atoms with Crippen LogP contribution in [0.15, 0.2) is 29.6 Å². The topological polar surface area (TPSA) is 20.2 Å². The summed E-state index contributed by atoms with van der Waals surface area (Å²) in [5.74, 6) is -4.44. The van der Waals surface area contributed by atoms with Crippen LogP contribution in [0.1, 0.15) is 11.7 Å². The molecule has 0 aliphatic heterocycles. The lowest BCUT2D eigenvalue weighted by Crippen LogP contribution is -2.34. The molecule has 0 radical (unpaired) electrons. The molecule has 2 aromatic rings. The van der Waals surface area contributed by atoms with E-state index in [0.29, 0.717) is 10.1 Å². The number of alkyl halides is 4. The van der Waals surface area contributed by atoms with Crippen molar-refractivity contribution in [3.05, 3.63) is 35.2 Å². The van der Waals surface area contributed by atoms with E-state index in [1.807, 2.05) is 0 Å². The zero-order chi connectivity index (χ0) is 12.6. The summed E-state index contributed by atoms with van der Waals surface area (Å²) in [5.41, 5.74) is -0.157. The second kappa shape index (κ2) is 4.27. The van der Waals surface area contributed by atoms with Crippen molar-refractivity contribution >= 4 is 21.4 Å². The summed E-state index contributed by atoms with van der Waals surface area (Å²) >= 11 is 1.13. The molecule has 1 atom stereocenters. The van der Waals surface area contributed by atoms with Gasteiger partial charge in [-0.3, -0.25) is 0 Å². The minimum atomic E-state index is -4.44. The molecule has 17 heavy (non-hydrogen) atoms. The smallest absolute Gasteiger partial charge is 0.336 e. The van der Waals surface area contributed by atoms with E-state index in [4.69, 9.17) is 0 Å². The fourth-order valence-electron chi connectivity index (χ4n) is 1.54. The summed E-state index contributed by atoms with van der Waals surface area (Å²) < 4.78 is 51.0. The summed E-state index contributed by atoms with van der Waals surface area (Å²) in [4.78, 5) is 0. The van der Waals surface area contributed by atoms with Crippen LogP contribution in [0.3, 0.4) is 0 Å². The average molecular weight is 264 g/mol.